The lowest BCUT2D eigenvalue weighted by Gasteiger charge is -2.16. The number of hydrogen-bond acceptors (Lipinski definition) is 3. The van der Waals surface area contributed by atoms with E-state index in [1.807, 2.05) is 37.3 Å². The highest BCUT2D eigenvalue weighted by molar-refractivity contribution is 7.80. The number of ether oxygens (including phenoxy) is 1. The Hall–Kier alpha value is -2.40. The van der Waals surface area contributed by atoms with E-state index in [0.717, 1.165) is 17.7 Å². The van der Waals surface area contributed by atoms with E-state index in [1.54, 1.807) is 24.3 Å². The summed E-state index contributed by atoms with van der Waals surface area (Å²) < 4.78 is 5.66. The zero-order chi connectivity index (χ0) is 18.9. The Balaban J connectivity index is 1.84. The summed E-state index contributed by atoms with van der Waals surface area (Å²) in [5.41, 5.74) is 1.64. The van der Waals surface area contributed by atoms with Gasteiger partial charge in [0, 0.05) is 5.56 Å². The van der Waals surface area contributed by atoms with Crippen LogP contribution in [0.15, 0.2) is 54.6 Å². The second-order valence-corrected chi connectivity index (χ2v) is 7.02. The maximum absolute atomic E-state index is 12.3. The van der Waals surface area contributed by atoms with Crippen LogP contribution in [0.1, 0.15) is 49.2 Å². The number of rotatable bonds is 7. The van der Waals surface area contributed by atoms with Crippen molar-refractivity contribution in [2.75, 3.05) is 6.61 Å². The molecule has 0 bridgehead atoms. The standard InChI is InChI=1S/C21H26N2O2S/c1-15(2)13-14-25-19-11-9-18(10-12-19)20(24)23-21(26)22-16(3)17-7-5-4-6-8-17/h4-12,15-16H,13-14H2,1-3H3,(H2,22,23,24,26). The molecule has 1 amide bonds. The number of carbonyl (C=O) groups is 1. The van der Waals surface area contributed by atoms with E-state index in [4.69, 9.17) is 17.0 Å². The zero-order valence-corrected chi connectivity index (χ0v) is 16.3. The van der Waals surface area contributed by atoms with Crippen molar-refractivity contribution in [3.8, 4) is 5.75 Å². The zero-order valence-electron chi connectivity index (χ0n) is 15.5. The van der Waals surface area contributed by atoms with Gasteiger partial charge in [0.25, 0.3) is 5.91 Å². The fourth-order valence-corrected chi connectivity index (χ4v) is 2.62. The maximum Gasteiger partial charge on any atom is 0.257 e. The lowest BCUT2D eigenvalue weighted by molar-refractivity contribution is 0.0976. The quantitative estimate of drug-likeness (QED) is 0.706. The summed E-state index contributed by atoms with van der Waals surface area (Å²) in [5, 5.41) is 6.15. The van der Waals surface area contributed by atoms with Crippen molar-refractivity contribution in [2.24, 2.45) is 5.92 Å². The Kier molecular flexibility index (Phi) is 7.60. The van der Waals surface area contributed by atoms with Gasteiger partial charge >= 0.3 is 0 Å². The number of nitrogens with one attached hydrogen (secondary N) is 2. The second-order valence-electron chi connectivity index (χ2n) is 6.62. The van der Waals surface area contributed by atoms with E-state index < -0.39 is 0 Å². The fraction of sp³-hybridized carbons (Fsp3) is 0.333. The van der Waals surface area contributed by atoms with Gasteiger partial charge in [0.15, 0.2) is 5.11 Å². The molecule has 2 aromatic rings. The third-order valence-corrected chi connectivity index (χ3v) is 4.17. The summed E-state index contributed by atoms with van der Waals surface area (Å²) in [5.74, 6) is 1.13. The van der Waals surface area contributed by atoms with Gasteiger partial charge < -0.3 is 10.1 Å². The van der Waals surface area contributed by atoms with Crippen LogP contribution < -0.4 is 15.4 Å². The van der Waals surface area contributed by atoms with Crippen molar-refractivity contribution in [1.29, 1.82) is 0 Å². The van der Waals surface area contributed by atoms with Gasteiger partial charge in [0.2, 0.25) is 0 Å². The van der Waals surface area contributed by atoms with Gasteiger partial charge in [0.05, 0.1) is 12.6 Å². The molecule has 0 saturated heterocycles. The van der Waals surface area contributed by atoms with Crippen LogP contribution in [0.5, 0.6) is 5.75 Å². The number of carbonyl (C=O) groups excluding carboxylic acids is 1. The molecule has 26 heavy (non-hydrogen) atoms. The summed E-state index contributed by atoms with van der Waals surface area (Å²) in [6.07, 6.45) is 1.00. The van der Waals surface area contributed by atoms with Crippen LogP contribution in [0, 0.1) is 5.92 Å². The summed E-state index contributed by atoms with van der Waals surface area (Å²) in [6, 6.07) is 17.0. The van der Waals surface area contributed by atoms with Crippen LogP contribution in [0.4, 0.5) is 0 Å². The fourth-order valence-electron chi connectivity index (χ4n) is 2.35. The topological polar surface area (TPSA) is 50.4 Å². The molecule has 1 unspecified atom stereocenters. The Labute approximate surface area is 161 Å². The normalized spacial score (nSPS) is 11.7. The predicted molar refractivity (Wildman–Crippen MR) is 109 cm³/mol. The number of amides is 1. The molecule has 2 rings (SSSR count). The molecular formula is C21H26N2O2S. The smallest absolute Gasteiger partial charge is 0.257 e. The average Bonchev–Trinajstić information content (AvgIpc) is 2.62. The Morgan fingerprint density at radius 3 is 2.31 bits per heavy atom. The summed E-state index contributed by atoms with van der Waals surface area (Å²) in [7, 11) is 0. The van der Waals surface area contributed by atoms with Crippen LogP contribution in [0.2, 0.25) is 0 Å². The lowest BCUT2D eigenvalue weighted by Crippen LogP contribution is -2.40. The SMILES string of the molecule is CC(C)CCOc1ccc(C(=O)NC(=S)NC(C)c2ccccc2)cc1. The van der Waals surface area contributed by atoms with Gasteiger partial charge in [-0.25, -0.2) is 0 Å². The largest absolute Gasteiger partial charge is 0.494 e. The van der Waals surface area contributed by atoms with E-state index >= 15 is 0 Å². The predicted octanol–water partition coefficient (Wildman–Crippen LogP) is 4.48. The van der Waals surface area contributed by atoms with E-state index in [2.05, 4.69) is 24.5 Å². The number of hydrogen-bond donors (Lipinski definition) is 2. The van der Waals surface area contributed by atoms with Crippen molar-refractivity contribution >= 4 is 23.2 Å². The monoisotopic (exact) mass is 370 g/mol. The maximum atomic E-state index is 12.3. The number of benzene rings is 2. The Bertz CT molecular complexity index is 715. The first-order chi connectivity index (χ1) is 12.5. The van der Waals surface area contributed by atoms with Crippen LogP contribution in [-0.2, 0) is 0 Å². The first-order valence-corrected chi connectivity index (χ1v) is 9.26. The molecule has 0 aliphatic heterocycles. The molecule has 0 saturated carbocycles. The first kappa shape index (κ1) is 19.9. The Morgan fingerprint density at radius 1 is 1.04 bits per heavy atom. The van der Waals surface area contributed by atoms with Crippen molar-refractivity contribution in [2.45, 2.75) is 33.2 Å². The highest BCUT2D eigenvalue weighted by Gasteiger charge is 2.11. The van der Waals surface area contributed by atoms with Gasteiger partial charge in [-0.3, -0.25) is 10.1 Å². The molecule has 0 fully saturated rings. The molecule has 0 spiro atoms. The molecule has 0 aromatic heterocycles. The first-order valence-electron chi connectivity index (χ1n) is 8.85. The Morgan fingerprint density at radius 2 is 1.69 bits per heavy atom. The second kappa shape index (κ2) is 9.92. The highest BCUT2D eigenvalue weighted by atomic mass is 32.1. The molecule has 5 heteroatoms. The molecule has 0 radical (unpaired) electrons. The van der Waals surface area contributed by atoms with Crippen molar-refractivity contribution in [3.63, 3.8) is 0 Å². The highest BCUT2D eigenvalue weighted by Crippen LogP contribution is 2.14. The van der Waals surface area contributed by atoms with E-state index in [9.17, 15) is 4.79 Å². The molecule has 2 N–H and O–H groups in total. The lowest BCUT2D eigenvalue weighted by atomic mass is 10.1. The molecule has 138 valence electrons. The van der Waals surface area contributed by atoms with E-state index in [-0.39, 0.29) is 11.9 Å². The molecular weight excluding hydrogens is 344 g/mol. The van der Waals surface area contributed by atoms with Gasteiger partial charge in [-0.2, -0.15) is 0 Å². The minimum atomic E-state index is -0.239. The van der Waals surface area contributed by atoms with Gasteiger partial charge in [-0.15, -0.1) is 0 Å². The molecule has 0 aliphatic rings. The molecule has 0 heterocycles. The van der Waals surface area contributed by atoms with E-state index in [1.165, 1.54) is 0 Å². The molecule has 4 nitrogen and oxygen atoms in total. The minimum Gasteiger partial charge on any atom is -0.494 e. The van der Waals surface area contributed by atoms with Crippen LogP contribution in [0.3, 0.4) is 0 Å². The van der Waals surface area contributed by atoms with Crippen molar-refractivity contribution in [3.05, 3.63) is 65.7 Å². The van der Waals surface area contributed by atoms with E-state index in [0.29, 0.717) is 23.2 Å². The van der Waals surface area contributed by atoms with Crippen molar-refractivity contribution in [1.82, 2.24) is 10.6 Å². The van der Waals surface area contributed by atoms with Gasteiger partial charge in [-0.1, -0.05) is 44.2 Å². The van der Waals surface area contributed by atoms with Crippen molar-refractivity contribution < 1.29 is 9.53 Å². The summed E-state index contributed by atoms with van der Waals surface area (Å²) in [4.78, 5) is 12.3. The third kappa shape index (κ3) is 6.48. The number of thiocarbonyl (C=S) groups is 1. The van der Waals surface area contributed by atoms with Gasteiger partial charge in [-0.05, 0) is 61.3 Å². The molecule has 2 aromatic carbocycles. The minimum absolute atomic E-state index is 0.0146. The van der Waals surface area contributed by atoms with Crippen LogP contribution in [0.25, 0.3) is 0 Å². The average molecular weight is 371 g/mol. The van der Waals surface area contributed by atoms with Gasteiger partial charge in [0.1, 0.15) is 5.75 Å². The third-order valence-electron chi connectivity index (χ3n) is 3.95. The summed E-state index contributed by atoms with van der Waals surface area (Å²) in [6.45, 7) is 6.99. The molecule has 0 aliphatic carbocycles. The van der Waals surface area contributed by atoms with Crippen LogP contribution >= 0.6 is 12.2 Å². The molecule has 1 atom stereocenters. The summed E-state index contributed by atoms with van der Waals surface area (Å²) >= 11 is 5.25. The van der Waals surface area contributed by atoms with Crippen LogP contribution in [-0.4, -0.2) is 17.6 Å².